The first-order valence-corrected chi connectivity index (χ1v) is 9.35. The van der Waals surface area contributed by atoms with Crippen LogP contribution in [-0.2, 0) is 14.9 Å². The van der Waals surface area contributed by atoms with Gasteiger partial charge in [0.25, 0.3) is 0 Å². The molecule has 0 saturated heterocycles. The van der Waals surface area contributed by atoms with Crippen LogP contribution in [0.3, 0.4) is 0 Å². The summed E-state index contributed by atoms with van der Waals surface area (Å²) in [5.74, 6) is 0.853. The summed E-state index contributed by atoms with van der Waals surface area (Å²) in [5, 5.41) is 6.62. The number of nitrogens with zero attached hydrogens (tertiary/aromatic N) is 1. The molecular formula is C18H28BrN3O2. The van der Waals surface area contributed by atoms with Crippen molar-refractivity contribution in [1.29, 1.82) is 0 Å². The molecule has 0 bridgehead atoms. The van der Waals surface area contributed by atoms with Gasteiger partial charge in [-0.3, -0.25) is 4.99 Å². The second kappa shape index (κ2) is 10.0. The monoisotopic (exact) mass is 397 g/mol. The molecule has 0 aliphatic heterocycles. The van der Waals surface area contributed by atoms with Crippen LogP contribution in [0.15, 0.2) is 33.7 Å². The number of halogens is 1. The zero-order chi connectivity index (χ0) is 17.3. The lowest BCUT2D eigenvalue weighted by atomic mass is 9.96. The van der Waals surface area contributed by atoms with Crippen LogP contribution in [0, 0.1) is 0 Å². The molecule has 1 aromatic carbocycles. The lowest BCUT2D eigenvalue weighted by molar-refractivity contribution is 0.0733. The summed E-state index contributed by atoms with van der Waals surface area (Å²) in [6, 6.07) is 8.48. The molecule has 0 atom stereocenters. The first-order valence-electron chi connectivity index (χ1n) is 8.56. The summed E-state index contributed by atoms with van der Waals surface area (Å²) in [4.78, 5) is 4.79. The van der Waals surface area contributed by atoms with Crippen LogP contribution in [0.5, 0.6) is 0 Å². The topological polar surface area (TPSA) is 54.9 Å². The number of rotatable bonds is 10. The smallest absolute Gasteiger partial charge is 0.191 e. The van der Waals surface area contributed by atoms with Crippen molar-refractivity contribution in [2.24, 2.45) is 4.99 Å². The fourth-order valence-corrected chi connectivity index (χ4v) is 3.32. The fraction of sp³-hybridized carbons (Fsp3) is 0.611. The summed E-state index contributed by atoms with van der Waals surface area (Å²) < 4.78 is 11.6. The first kappa shape index (κ1) is 19.2. The Kier molecular flexibility index (Phi) is 8.02. The standard InChI is InChI=1S/C18H28BrN3O2/c1-3-20-17(21-10-11-24-13-12-23-2)22-14-18(8-9-18)15-6-4-5-7-16(15)19/h4-7H,3,8-14H2,1-2H3,(H2,20,21,22). The van der Waals surface area contributed by atoms with Gasteiger partial charge in [-0.25, -0.2) is 0 Å². The third kappa shape index (κ3) is 5.76. The van der Waals surface area contributed by atoms with E-state index < -0.39 is 0 Å². The Bertz CT molecular complexity index is 533. The van der Waals surface area contributed by atoms with Crippen LogP contribution in [-0.4, -0.2) is 52.5 Å². The number of nitrogens with one attached hydrogen (secondary N) is 2. The van der Waals surface area contributed by atoms with E-state index in [4.69, 9.17) is 14.5 Å². The van der Waals surface area contributed by atoms with E-state index in [2.05, 4.69) is 57.8 Å². The van der Waals surface area contributed by atoms with Crippen LogP contribution in [0.2, 0.25) is 0 Å². The molecule has 0 heterocycles. The van der Waals surface area contributed by atoms with Crippen LogP contribution in [0.25, 0.3) is 0 Å². The van der Waals surface area contributed by atoms with Crippen molar-refractivity contribution in [3.63, 3.8) is 0 Å². The van der Waals surface area contributed by atoms with Gasteiger partial charge < -0.3 is 20.1 Å². The van der Waals surface area contributed by atoms with Gasteiger partial charge in [0.1, 0.15) is 0 Å². The molecule has 1 fully saturated rings. The van der Waals surface area contributed by atoms with E-state index in [1.165, 1.54) is 22.9 Å². The fourth-order valence-electron chi connectivity index (χ4n) is 2.61. The van der Waals surface area contributed by atoms with E-state index in [0.717, 1.165) is 25.6 Å². The maximum atomic E-state index is 5.47. The zero-order valence-corrected chi connectivity index (χ0v) is 16.2. The van der Waals surface area contributed by atoms with Crippen molar-refractivity contribution in [1.82, 2.24) is 10.6 Å². The highest BCUT2D eigenvalue weighted by Gasteiger charge is 2.45. The molecule has 1 aliphatic rings. The number of guanidine groups is 1. The van der Waals surface area contributed by atoms with Gasteiger partial charge in [0.05, 0.1) is 26.4 Å². The molecule has 2 N–H and O–H groups in total. The quantitative estimate of drug-likeness (QED) is 0.362. The summed E-state index contributed by atoms with van der Waals surface area (Å²) in [5.41, 5.74) is 1.56. The van der Waals surface area contributed by atoms with Crippen LogP contribution >= 0.6 is 15.9 Å². The number of ether oxygens (including phenoxy) is 2. The van der Waals surface area contributed by atoms with E-state index >= 15 is 0 Å². The maximum Gasteiger partial charge on any atom is 0.191 e. The minimum Gasteiger partial charge on any atom is -0.382 e. The molecule has 0 radical (unpaired) electrons. The minimum atomic E-state index is 0.192. The van der Waals surface area contributed by atoms with Crippen molar-refractivity contribution in [2.45, 2.75) is 25.2 Å². The van der Waals surface area contributed by atoms with Gasteiger partial charge in [-0.2, -0.15) is 0 Å². The average molecular weight is 398 g/mol. The summed E-state index contributed by atoms with van der Waals surface area (Å²) >= 11 is 3.68. The Hall–Kier alpha value is -1.11. The molecule has 0 aromatic heterocycles. The van der Waals surface area contributed by atoms with Crippen molar-refractivity contribution >= 4 is 21.9 Å². The second-order valence-electron chi connectivity index (χ2n) is 5.99. The van der Waals surface area contributed by atoms with E-state index in [9.17, 15) is 0 Å². The molecular weight excluding hydrogens is 370 g/mol. The minimum absolute atomic E-state index is 0.192. The third-order valence-electron chi connectivity index (χ3n) is 4.15. The average Bonchev–Trinajstić information content (AvgIpc) is 3.37. The Morgan fingerprint density at radius 1 is 1.21 bits per heavy atom. The maximum absolute atomic E-state index is 5.47. The molecule has 2 rings (SSSR count). The largest absolute Gasteiger partial charge is 0.382 e. The first-order chi connectivity index (χ1) is 11.7. The molecule has 5 nitrogen and oxygen atoms in total. The van der Waals surface area contributed by atoms with Gasteiger partial charge in [-0.15, -0.1) is 0 Å². The number of hydrogen-bond donors (Lipinski definition) is 2. The molecule has 134 valence electrons. The Morgan fingerprint density at radius 3 is 2.67 bits per heavy atom. The third-order valence-corrected chi connectivity index (χ3v) is 4.84. The van der Waals surface area contributed by atoms with E-state index in [1.54, 1.807) is 7.11 Å². The van der Waals surface area contributed by atoms with E-state index in [1.807, 2.05) is 0 Å². The molecule has 1 aliphatic carbocycles. The Labute approximate surface area is 153 Å². The predicted molar refractivity (Wildman–Crippen MR) is 102 cm³/mol. The highest BCUT2D eigenvalue weighted by molar-refractivity contribution is 9.10. The van der Waals surface area contributed by atoms with Crippen molar-refractivity contribution in [2.75, 3.05) is 46.6 Å². The molecule has 0 spiro atoms. The number of hydrogen-bond acceptors (Lipinski definition) is 3. The van der Waals surface area contributed by atoms with E-state index in [0.29, 0.717) is 19.8 Å². The number of aliphatic imine (C=N–C) groups is 1. The summed E-state index contributed by atoms with van der Waals surface area (Å²) in [6.45, 7) is 6.35. The number of methoxy groups -OCH3 is 1. The van der Waals surface area contributed by atoms with Crippen LogP contribution in [0.1, 0.15) is 25.3 Å². The van der Waals surface area contributed by atoms with Crippen LogP contribution in [0.4, 0.5) is 0 Å². The highest BCUT2D eigenvalue weighted by Crippen LogP contribution is 2.50. The number of benzene rings is 1. The predicted octanol–water partition coefficient (Wildman–Crippen LogP) is 2.70. The molecule has 1 saturated carbocycles. The highest BCUT2D eigenvalue weighted by atomic mass is 79.9. The molecule has 0 unspecified atom stereocenters. The van der Waals surface area contributed by atoms with Gasteiger partial charge in [0.15, 0.2) is 5.96 Å². The lowest BCUT2D eigenvalue weighted by Gasteiger charge is -2.17. The Balaban J connectivity index is 1.85. The lowest BCUT2D eigenvalue weighted by Crippen LogP contribution is -2.39. The molecule has 6 heteroatoms. The van der Waals surface area contributed by atoms with Gasteiger partial charge in [-0.05, 0) is 31.4 Å². The molecule has 24 heavy (non-hydrogen) atoms. The molecule has 0 amide bonds. The Morgan fingerprint density at radius 2 is 2.00 bits per heavy atom. The SMILES string of the molecule is CCNC(=NCC1(c2ccccc2Br)CC1)NCCOCCOC. The van der Waals surface area contributed by atoms with Gasteiger partial charge in [0.2, 0.25) is 0 Å². The van der Waals surface area contributed by atoms with Crippen molar-refractivity contribution < 1.29 is 9.47 Å². The van der Waals surface area contributed by atoms with E-state index in [-0.39, 0.29) is 5.41 Å². The van der Waals surface area contributed by atoms with Crippen LogP contribution < -0.4 is 10.6 Å². The summed E-state index contributed by atoms with van der Waals surface area (Å²) in [7, 11) is 1.68. The van der Waals surface area contributed by atoms with Gasteiger partial charge in [-0.1, -0.05) is 34.1 Å². The van der Waals surface area contributed by atoms with Gasteiger partial charge in [0, 0.05) is 30.1 Å². The molecule has 1 aromatic rings. The second-order valence-corrected chi connectivity index (χ2v) is 6.84. The van der Waals surface area contributed by atoms with Gasteiger partial charge >= 0.3 is 0 Å². The summed E-state index contributed by atoms with van der Waals surface area (Å²) in [6.07, 6.45) is 2.39. The zero-order valence-electron chi connectivity index (χ0n) is 14.6. The van der Waals surface area contributed by atoms with Crippen molar-refractivity contribution in [3.8, 4) is 0 Å². The van der Waals surface area contributed by atoms with Crippen molar-refractivity contribution in [3.05, 3.63) is 34.3 Å². The normalized spacial score (nSPS) is 16.0.